The molecule has 1 fully saturated rings. The average Bonchev–Trinajstić information content (AvgIpc) is 3.14. The Morgan fingerprint density at radius 3 is 2.75 bits per heavy atom. The predicted octanol–water partition coefficient (Wildman–Crippen LogP) is 2.66. The highest BCUT2D eigenvalue weighted by Gasteiger charge is 2.18. The molecule has 4 rings (SSSR count). The van der Waals surface area contributed by atoms with Crippen molar-refractivity contribution in [2.75, 3.05) is 38.5 Å². The van der Waals surface area contributed by atoms with Gasteiger partial charge in [-0.1, -0.05) is 25.5 Å². The second-order valence-corrected chi connectivity index (χ2v) is 8.01. The van der Waals surface area contributed by atoms with Crippen LogP contribution >= 0.6 is 0 Å². The highest BCUT2D eigenvalue weighted by molar-refractivity contribution is 5.88. The zero-order valence-electron chi connectivity index (χ0n) is 18.3. The summed E-state index contributed by atoms with van der Waals surface area (Å²) in [5, 5.41) is 13.5. The summed E-state index contributed by atoms with van der Waals surface area (Å²) in [5.74, 6) is -0.0617. The number of nitrogens with two attached hydrogens (primary N) is 1. The Bertz CT molecular complexity index is 1130. The van der Waals surface area contributed by atoms with E-state index in [1.54, 1.807) is 22.8 Å². The summed E-state index contributed by atoms with van der Waals surface area (Å²) >= 11 is 0. The van der Waals surface area contributed by atoms with Gasteiger partial charge in [0.25, 0.3) is 0 Å². The molecule has 1 saturated heterocycles. The number of unbranched alkanes of at least 4 members (excludes halogenated alkanes) is 1. The molecule has 3 heterocycles. The maximum atomic E-state index is 15.0. The van der Waals surface area contributed by atoms with E-state index < -0.39 is 0 Å². The average molecular weight is 438 g/mol. The smallest absolute Gasteiger partial charge is 0.320 e. The summed E-state index contributed by atoms with van der Waals surface area (Å²) in [7, 11) is 0. The van der Waals surface area contributed by atoms with Gasteiger partial charge in [-0.3, -0.25) is 4.90 Å². The molecular formula is C23H28FN7O. The first-order valence-corrected chi connectivity index (χ1v) is 11.0. The van der Waals surface area contributed by atoms with Crippen molar-refractivity contribution in [1.29, 1.82) is 5.26 Å². The van der Waals surface area contributed by atoms with Gasteiger partial charge in [0, 0.05) is 38.3 Å². The summed E-state index contributed by atoms with van der Waals surface area (Å²) in [5.41, 5.74) is 8.31. The van der Waals surface area contributed by atoms with E-state index in [1.807, 2.05) is 6.07 Å². The fourth-order valence-corrected chi connectivity index (χ4v) is 3.87. The lowest BCUT2D eigenvalue weighted by molar-refractivity contribution is 0.233. The fourth-order valence-electron chi connectivity index (χ4n) is 3.87. The molecule has 0 atom stereocenters. The number of hydrogen-bond donors (Lipinski definition) is 2. The molecule has 0 saturated carbocycles. The molecule has 0 bridgehead atoms. The van der Waals surface area contributed by atoms with Crippen LogP contribution in [0.3, 0.4) is 0 Å². The fraction of sp³-hybridized carbons (Fsp3) is 0.435. The van der Waals surface area contributed by atoms with Gasteiger partial charge in [0.05, 0.1) is 18.5 Å². The first-order chi connectivity index (χ1) is 15.6. The van der Waals surface area contributed by atoms with Crippen LogP contribution in [-0.2, 0) is 13.1 Å². The molecule has 3 aromatic rings. The van der Waals surface area contributed by atoms with E-state index in [1.165, 1.54) is 0 Å². The van der Waals surface area contributed by atoms with E-state index >= 15 is 0 Å². The van der Waals surface area contributed by atoms with Gasteiger partial charge in [-0.2, -0.15) is 15.2 Å². The summed E-state index contributed by atoms with van der Waals surface area (Å²) < 4.78 is 22.3. The number of fused-ring (bicyclic) bond motifs is 1. The van der Waals surface area contributed by atoms with E-state index in [0.29, 0.717) is 28.9 Å². The van der Waals surface area contributed by atoms with E-state index in [0.717, 1.165) is 51.1 Å². The van der Waals surface area contributed by atoms with Crippen LogP contribution in [0, 0.1) is 17.1 Å². The van der Waals surface area contributed by atoms with Gasteiger partial charge in [-0.15, -0.1) is 0 Å². The number of piperazine rings is 1. The zero-order valence-corrected chi connectivity index (χ0v) is 18.3. The predicted molar refractivity (Wildman–Crippen MR) is 121 cm³/mol. The normalized spacial score (nSPS) is 14.5. The molecular weight excluding hydrogens is 409 g/mol. The SMILES string of the molecule is CCCCOc1nc(N)c2cc(C#N)n(Cc3ccc(CN4CCNCC4)cc3F)c2n1. The number of nitrogens with zero attached hydrogens (tertiary/aromatic N) is 5. The minimum Gasteiger partial charge on any atom is -0.463 e. The highest BCUT2D eigenvalue weighted by atomic mass is 19.1. The van der Waals surface area contributed by atoms with Crippen molar-refractivity contribution in [2.45, 2.75) is 32.9 Å². The standard InChI is InChI=1S/C23H28FN7O/c1-2-3-10-32-23-28-21(26)19-12-18(13-25)31(22(19)29-23)15-17-5-4-16(11-20(17)24)14-30-8-6-27-7-9-30/h4-5,11-12,27H,2-3,6-10,14-15H2,1H3,(H2,26,28,29). The molecule has 8 nitrogen and oxygen atoms in total. The van der Waals surface area contributed by atoms with Crippen molar-refractivity contribution in [3.05, 3.63) is 46.9 Å². The highest BCUT2D eigenvalue weighted by Crippen LogP contribution is 2.26. The quantitative estimate of drug-likeness (QED) is 0.522. The third kappa shape index (κ3) is 4.82. The third-order valence-corrected chi connectivity index (χ3v) is 5.67. The molecule has 0 spiro atoms. The summed E-state index contributed by atoms with van der Waals surface area (Å²) in [4.78, 5) is 11.0. The van der Waals surface area contributed by atoms with Gasteiger partial charge in [-0.05, 0) is 24.1 Å². The number of hydrogen-bond acceptors (Lipinski definition) is 7. The number of halogens is 1. The lowest BCUT2D eigenvalue weighted by Gasteiger charge is -2.27. The molecule has 2 aromatic heterocycles. The van der Waals surface area contributed by atoms with Crippen LogP contribution in [0.4, 0.5) is 10.2 Å². The van der Waals surface area contributed by atoms with Crippen molar-refractivity contribution in [3.63, 3.8) is 0 Å². The maximum absolute atomic E-state index is 15.0. The van der Waals surface area contributed by atoms with E-state index in [2.05, 4.69) is 33.2 Å². The molecule has 0 amide bonds. The van der Waals surface area contributed by atoms with Crippen molar-refractivity contribution < 1.29 is 9.13 Å². The Balaban J connectivity index is 1.60. The van der Waals surface area contributed by atoms with Gasteiger partial charge < -0.3 is 20.4 Å². The third-order valence-electron chi connectivity index (χ3n) is 5.67. The van der Waals surface area contributed by atoms with Crippen LogP contribution in [0.1, 0.15) is 36.6 Å². The molecule has 0 aliphatic carbocycles. The van der Waals surface area contributed by atoms with Crippen molar-refractivity contribution in [3.8, 4) is 12.1 Å². The molecule has 1 aliphatic heterocycles. The molecule has 0 unspecified atom stereocenters. The van der Waals surface area contributed by atoms with Crippen LogP contribution in [0.25, 0.3) is 11.0 Å². The van der Waals surface area contributed by atoms with Crippen LogP contribution < -0.4 is 15.8 Å². The van der Waals surface area contributed by atoms with Crippen molar-refractivity contribution >= 4 is 16.9 Å². The van der Waals surface area contributed by atoms with Gasteiger partial charge >= 0.3 is 6.01 Å². The lowest BCUT2D eigenvalue weighted by Crippen LogP contribution is -2.42. The summed E-state index contributed by atoms with van der Waals surface area (Å²) in [6.45, 7) is 7.24. The molecule has 3 N–H and O–H groups in total. The minimum absolute atomic E-state index is 0.164. The number of rotatable bonds is 8. The van der Waals surface area contributed by atoms with Crippen LogP contribution in [0.2, 0.25) is 0 Å². The number of ether oxygens (including phenoxy) is 1. The molecule has 1 aromatic carbocycles. The van der Waals surface area contributed by atoms with Crippen LogP contribution in [0.15, 0.2) is 24.3 Å². The minimum atomic E-state index is -0.301. The first-order valence-electron chi connectivity index (χ1n) is 11.0. The Kier molecular flexibility index (Phi) is 6.83. The number of benzene rings is 1. The monoisotopic (exact) mass is 437 g/mol. The Hall–Kier alpha value is -3.22. The number of nitrogens with one attached hydrogen (secondary N) is 1. The van der Waals surface area contributed by atoms with Gasteiger partial charge in [0.2, 0.25) is 0 Å². The number of nitrogen functional groups attached to an aromatic ring is 1. The summed E-state index contributed by atoms with van der Waals surface area (Å²) in [6.07, 6.45) is 1.86. The largest absolute Gasteiger partial charge is 0.463 e. The summed E-state index contributed by atoms with van der Waals surface area (Å²) in [6, 6.07) is 9.26. The molecule has 32 heavy (non-hydrogen) atoms. The maximum Gasteiger partial charge on any atom is 0.320 e. The van der Waals surface area contributed by atoms with Gasteiger partial charge in [0.15, 0.2) is 5.65 Å². The zero-order chi connectivity index (χ0) is 22.5. The Labute approximate surface area is 186 Å². The second-order valence-electron chi connectivity index (χ2n) is 8.01. The molecule has 1 aliphatic rings. The van der Waals surface area contributed by atoms with E-state index in [4.69, 9.17) is 10.5 Å². The van der Waals surface area contributed by atoms with Crippen LogP contribution in [-0.4, -0.2) is 52.2 Å². The molecule has 9 heteroatoms. The van der Waals surface area contributed by atoms with Gasteiger partial charge in [0.1, 0.15) is 23.4 Å². The molecule has 0 radical (unpaired) electrons. The lowest BCUT2D eigenvalue weighted by atomic mass is 10.1. The Morgan fingerprint density at radius 2 is 2.03 bits per heavy atom. The topological polar surface area (TPSA) is 105 Å². The van der Waals surface area contributed by atoms with Crippen LogP contribution in [0.5, 0.6) is 6.01 Å². The van der Waals surface area contributed by atoms with E-state index in [9.17, 15) is 9.65 Å². The second kappa shape index (κ2) is 9.94. The Morgan fingerprint density at radius 1 is 1.22 bits per heavy atom. The van der Waals surface area contributed by atoms with E-state index in [-0.39, 0.29) is 24.2 Å². The van der Waals surface area contributed by atoms with Gasteiger partial charge in [-0.25, -0.2) is 4.39 Å². The number of nitriles is 1. The van der Waals surface area contributed by atoms with Crippen molar-refractivity contribution in [2.24, 2.45) is 0 Å². The first kappa shape index (κ1) is 22.0. The van der Waals surface area contributed by atoms with Crippen molar-refractivity contribution in [1.82, 2.24) is 24.8 Å². The molecule has 168 valence electrons. The number of aromatic nitrogens is 3. The number of anilines is 1.